The number of aryl methyl sites for hydroxylation is 2. The van der Waals surface area contributed by atoms with Crippen LogP contribution in [-0.2, 0) is 6.54 Å². The predicted octanol–water partition coefficient (Wildman–Crippen LogP) is 3.79. The molecule has 0 fully saturated rings. The third kappa shape index (κ3) is 2.48. The molecule has 1 N–H and O–H groups in total. The second-order valence-corrected chi connectivity index (χ2v) is 5.11. The second-order valence-electron chi connectivity index (χ2n) is 3.82. The Kier molecular flexibility index (Phi) is 3.56. The van der Waals surface area contributed by atoms with Crippen LogP contribution in [0.5, 0.6) is 0 Å². The largest absolute Gasteiger partial charge is 0.378 e. The fourth-order valence-electron chi connectivity index (χ4n) is 1.58. The Morgan fingerprint density at radius 3 is 2.50 bits per heavy atom. The lowest BCUT2D eigenvalue weighted by Gasteiger charge is -2.07. The maximum atomic E-state index is 13.4. The molecule has 0 aliphatic rings. The van der Waals surface area contributed by atoms with Gasteiger partial charge in [-0.05, 0) is 26.0 Å². The molecule has 0 bridgehead atoms. The second kappa shape index (κ2) is 4.97. The first kappa shape index (κ1) is 12.9. The van der Waals surface area contributed by atoms with Gasteiger partial charge in [-0.15, -0.1) is 11.3 Å². The molecular weight excluding hydrogens is 261 g/mol. The van der Waals surface area contributed by atoms with Crippen LogP contribution in [0.4, 0.5) is 18.9 Å². The highest BCUT2D eigenvalue weighted by molar-refractivity contribution is 7.11. The highest BCUT2D eigenvalue weighted by Crippen LogP contribution is 2.22. The number of halogens is 3. The third-order valence-corrected chi connectivity index (χ3v) is 3.55. The number of rotatable bonds is 3. The summed E-state index contributed by atoms with van der Waals surface area (Å²) in [6.07, 6.45) is 0. The molecule has 0 radical (unpaired) electrons. The van der Waals surface area contributed by atoms with Crippen LogP contribution in [0.15, 0.2) is 12.1 Å². The van der Waals surface area contributed by atoms with E-state index in [0.717, 1.165) is 21.6 Å². The minimum absolute atomic E-state index is 0.0562. The number of hydrogen-bond donors (Lipinski definition) is 1. The molecule has 0 saturated carbocycles. The van der Waals surface area contributed by atoms with E-state index < -0.39 is 17.5 Å². The number of aromatic nitrogens is 1. The van der Waals surface area contributed by atoms with Crippen molar-refractivity contribution in [1.82, 2.24) is 4.98 Å². The summed E-state index contributed by atoms with van der Waals surface area (Å²) < 4.78 is 39.1. The average molecular weight is 272 g/mol. The van der Waals surface area contributed by atoms with Crippen molar-refractivity contribution in [2.75, 3.05) is 5.32 Å². The molecule has 0 atom stereocenters. The van der Waals surface area contributed by atoms with Gasteiger partial charge in [0.1, 0.15) is 0 Å². The van der Waals surface area contributed by atoms with Crippen LogP contribution in [-0.4, -0.2) is 4.98 Å². The molecule has 1 aromatic heterocycles. The fourth-order valence-corrected chi connectivity index (χ4v) is 2.45. The molecule has 2 rings (SSSR count). The summed E-state index contributed by atoms with van der Waals surface area (Å²) in [4.78, 5) is 5.17. The normalized spacial score (nSPS) is 10.7. The van der Waals surface area contributed by atoms with Crippen molar-refractivity contribution >= 4 is 17.0 Å². The molecule has 2 aromatic rings. The van der Waals surface area contributed by atoms with Crippen LogP contribution in [0.1, 0.15) is 15.6 Å². The van der Waals surface area contributed by atoms with Crippen LogP contribution in [0.3, 0.4) is 0 Å². The minimum atomic E-state index is -1.46. The Labute approximate surface area is 106 Å². The number of nitrogens with one attached hydrogen (secondary N) is 1. The maximum Gasteiger partial charge on any atom is 0.196 e. The average Bonchev–Trinajstić information content (AvgIpc) is 2.64. The highest BCUT2D eigenvalue weighted by atomic mass is 32.1. The molecule has 0 saturated heterocycles. The number of anilines is 1. The summed E-state index contributed by atoms with van der Waals surface area (Å²) in [5.74, 6) is -3.85. The van der Waals surface area contributed by atoms with E-state index in [4.69, 9.17) is 0 Å². The molecule has 0 amide bonds. The van der Waals surface area contributed by atoms with Crippen molar-refractivity contribution in [2.45, 2.75) is 20.4 Å². The standard InChI is InChI=1S/C12H11F3N2S/c1-6-10(18-7(2)17-6)5-16-9-4-3-8(13)11(14)12(9)15/h3-4,16H,5H2,1-2H3. The van der Waals surface area contributed by atoms with E-state index in [1.165, 1.54) is 17.4 Å². The first-order valence-corrected chi connectivity index (χ1v) is 6.11. The van der Waals surface area contributed by atoms with Gasteiger partial charge >= 0.3 is 0 Å². The first-order valence-electron chi connectivity index (χ1n) is 5.29. The summed E-state index contributed by atoms with van der Waals surface area (Å²) in [5, 5.41) is 3.65. The van der Waals surface area contributed by atoms with E-state index in [9.17, 15) is 13.2 Å². The van der Waals surface area contributed by atoms with Gasteiger partial charge < -0.3 is 5.32 Å². The summed E-state index contributed by atoms with van der Waals surface area (Å²) in [6, 6.07) is 2.07. The molecule has 0 aliphatic carbocycles. The van der Waals surface area contributed by atoms with Gasteiger partial charge in [-0.2, -0.15) is 0 Å². The Hall–Kier alpha value is -1.56. The topological polar surface area (TPSA) is 24.9 Å². The zero-order chi connectivity index (χ0) is 13.3. The number of hydrogen-bond acceptors (Lipinski definition) is 3. The monoisotopic (exact) mass is 272 g/mol. The van der Waals surface area contributed by atoms with Crippen LogP contribution >= 0.6 is 11.3 Å². The van der Waals surface area contributed by atoms with E-state index in [1.54, 1.807) is 0 Å². The summed E-state index contributed by atoms with van der Waals surface area (Å²) in [5.41, 5.74) is 0.798. The molecule has 6 heteroatoms. The lowest BCUT2D eigenvalue weighted by atomic mass is 10.2. The molecule has 0 unspecified atom stereocenters. The Bertz CT molecular complexity index is 581. The molecule has 0 aliphatic heterocycles. The lowest BCUT2D eigenvalue weighted by Crippen LogP contribution is -2.03. The van der Waals surface area contributed by atoms with Crippen molar-refractivity contribution in [3.05, 3.63) is 45.2 Å². The van der Waals surface area contributed by atoms with Gasteiger partial charge in [0.2, 0.25) is 0 Å². The van der Waals surface area contributed by atoms with Gasteiger partial charge in [-0.25, -0.2) is 18.2 Å². The van der Waals surface area contributed by atoms with Gasteiger partial charge in [0.15, 0.2) is 17.5 Å². The van der Waals surface area contributed by atoms with E-state index >= 15 is 0 Å². The first-order chi connectivity index (χ1) is 8.49. The van der Waals surface area contributed by atoms with Crippen molar-refractivity contribution in [3.63, 3.8) is 0 Å². The van der Waals surface area contributed by atoms with E-state index in [1.807, 2.05) is 13.8 Å². The van der Waals surface area contributed by atoms with Crippen LogP contribution in [0.2, 0.25) is 0 Å². The zero-order valence-corrected chi connectivity index (χ0v) is 10.7. The summed E-state index contributed by atoms with van der Waals surface area (Å²) in [6.45, 7) is 4.06. The van der Waals surface area contributed by atoms with E-state index in [2.05, 4.69) is 10.3 Å². The van der Waals surface area contributed by atoms with Crippen molar-refractivity contribution in [2.24, 2.45) is 0 Å². The molecule has 18 heavy (non-hydrogen) atoms. The number of nitrogens with zero attached hydrogens (tertiary/aromatic N) is 1. The highest BCUT2D eigenvalue weighted by Gasteiger charge is 2.13. The molecule has 0 spiro atoms. The van der Waals surface area contributed by atoms with Crippen LogP contribution < -0.4 is 5.32 Å². The summed E-state index contributed by atoms with van der Waals surface area (Å²) >= 11 is 1.48. The van der Waals surface area contributed by atoms with Gasteiger partial charge in [0.05, 0.1) is 22.9 Å². The minimum Gasteiger partial charge on any atom is -0.378 e. The zero-order valence-electron chi connectivity index (χ0n) is 9.85. The summed E-state index contributed by atoms with van der Waals surface area (Å²) in [7, 11) is 0. The smallest absolute Gasteiger partial charge is 0.196 e. The van der Waals surface area contributed by atoms with Gasteiger partial charge in [-0.1, -0.05) is 0 Å². The predicted molar refractivity (Wildman–Crippen MR) is 65.2 cm³/mol. The Morgan fingerprint density at radius 1 is 1.17 bits per heavy atom. The molecular formula is C12H11F3N2S. The molecule has 1 aromatic carbocycles. The quantitative estimate of drug-likeness (QED) is 0.860. The van der Waals surface area contributed by atoms with E-state index in [-0.39, 0.29) is 5.69 Å². The van der Waals surface area contributed by atoms with Gasteiger partial charge in [0.25, 0.3) is 0 Å². The van der Waals surface area contributed by atoms with Crippen LogP contribution in [0.25, 0.3) is 0 Å². The fraction of sp³-hybridized carbons (Fsp3) is 0.250. The Morgan fingerprint density at radius 2 is 1.89 bits per heavy atom. The SMILES string of the molecule is Cc1nc(C)c(CNc2ccc(F)c(F)c2F)s1. The maximum absolute atomic E-state index is 13.4. The number of benzene rings is 1. The van der Waals surface area contributed by atoms with E-state index in [0.29, 0.717) is 6.54 Å². The molecule has 96 valence electrons. The van der Waals surface area contributed by atoms with Crippen LogP contribution in [0, 0.1) is 31.3 Å². The van der Waals surface area contributed by atoms with Crippen molar-refractivity contribution in [1.29, 1.82) is 0 Å². The van der Waals surface area contributed by atoms with Crippen molar-refractivity contribution < 1.29 is 13.2 Å². The third-order valence-electron chi connectivity index (χ3n) is 2.47. The lowest BCUT2D eigenvalue weighted by molar-refractivity contribution is 0.449. The number of thiazole rings is 1. The van der Waals surface area contributed by atoms with Gasteiger partial charge in [-0.3, -0.25) is 0 Å². The Balaban J connectivity index is 2.16. The van der Waals surface area contributed by atoms with Crippen molar-refractivity contribution in [3.8, 4) is 0 Å². The van der Waals surface area contributed by atoms with Gasteiger partial charge in [0, 0.05) is 4.88 Å². The molecule has 1 heterocycles. The molecule has 2 nitrogen and oxygen atoms in total.